The number of hydrogen-bond donors (Lipinski definition) is 0. The van der Waals surface area contributed by atoms with Crippen LogP contribution in [0, 0.1) is 26.0 Å². The summed E-state index contributed by atoms with van der Waals surface area (Å²) >= 11 is 0. The van der Waals surface area contributed by atoms with Crippen LogP contribution in [0.1, 0.15) is 11.1 Å². The average molecular weight is 749 g/mol. The van der Waals surface area contributed by atoms with Gasteiger partial charge < -0.3 is 13.5 Å². The number of pyridine rings is 3. The van der Waals surface area contributed by atoms with Crippen molar-refractivity contribution in [2.24, 2.45) is 0 Å². The fourth-order valence-electron chi connectivity index (χ4n) is 6.57. The second-order valence-electron chi connectivity index (χ2n) is 10.9. The molecule has 0 saturated carbocycles. The molecular weight excluding hydrogens is 726 g/mol. The average Bonchev–Trinajstić information content (AvgIpc) is 3.72. The van der Waals surface area contributed by atoms with Gasteiger partial charge in [0, 0.05) is 53.6 Å². The molecule has 0 amide bonds. The molecule has 4 aromatic carbocycles. The van der Waals surface area contributed by atoms with Crippen molar-refractivity contribution in [1.82, 2.24) is 23.8 Å². The number of para-hydroxylation sites is 1. The molecule has 0 fully saturated rings. The fourth-order valence-corrected chi connectivity index (χ4v) is 6.57. The molecule has 212 valence electrons. The van der Waals surface area contributed by atoms with Gasteiger partial charge in [-0.15, -0.1) is 12.1 Å². The monoisotopic (exact) mass is 748 g/mol. The molecule has 0 aliphatic heterocycles. The summed E-state index contributed by atoms with van der Waals surface area (Å²) in [6.45, 7) is 4.34. The van der Waals surface area contributed by atoms with Gasteiger partial charge in [0.15, 0.2) is 0 Å². The molecule has 0 N–H and O–H groups in total. The zero-order valence-corrected chi connectivity index (χ0v) is 26.0. The first-order chi connectivity index (χ1) is 21.2. The van der Waals surface area contributed by atoms with Crippen molar-refractivity contribution in [1.29, 1.82) is 0 Å². The van der Waals surface area contributed by atoms with E-state index in [1.165, 1.54) is 22.3 Å². The van der Waals surface area contributed by atoms with E-state index in [1.54, 1.807) is 6.20 Å². The van der Waals surface area contributed by atoms with Gasteiger partial charge in [-0.25, -0.2) is 0 Å². The van der Waals surface area contributed by atoms with Crippen molar-refractivity contribution < 1.29 is 25.8 Å². The van der Waals surface area contributed by atoms with E-state index in [2.05, 4.69) is 88.9 Å². The minimum atomic E-state index is 0. The van der Waals surface area contributed by atoms with Gasteiger partial charge in [-0.1, -0.05) is 82.2 Å². The molecule has 0 aliphatic carbocycles. The Balaban J connectivity index is 0.00000289. The number of benzene rings is 4. The van der Waals surface area contributed by atoms with Crippen molar-refractivity contribution in [3.8, 4) is 22.6 Å². The van der Waals surface area contributed by atoms with E-state index >= 15 is 0 Å². The normalized spacial score (nSPS) is 11.7. The number of imidazole rings is 2. The van der Waals surface area contributed by atoms with E-state index in [4.69, 9.17) is 9.72 Å². The molecular formula is C37H23N5OPt. The maximum atomic E-state index is 6.39. The van der Waals surface area contributed by atoms with Crippen LogP contribution in [0.5, 0.6) is 11.5 Å². The predicted molar refractivity (Wildman–Crippen MR) is 171 cm³/mol. The molecule has 6 nitrogen and oxygen atoms in total. The number of ether oxygens (including phenoxy) is 1. The van der Waals surface area contributed by atoms with Crippen LogP contribution in [0.15, 0.2) is 104 Å². The van der Waals surface area contributed by atoms with Crippen LogP contribution in [0.2, 0.25) is 0 Å². The molecule has 0 radical (unpaired) electrons. The van der Waals surface area contributed by atoms with Crippen LogP contribution in [0.3, 0.4) is 0 Å². The first-order valence-corrected chi connectivity index (χ1v) is 14.2. The van der Waals surface area contributed by atoms with E-state index < -0.39 is 0 Å². The second kappa shape index (κ2) is 10.0. The summed E-state index contributed by atoms with van der Waals surface area (Å²) in [5.41, 5.74) is 9.64. The quantitative estimate of drug-likeness (QED) is 0.134. The van der Waals surface area contributed by atoms with Crippen LogP contribution in [-0.4, -0.2) is 23.8 Å². The van der Waals surface area contributed by atoms with Crippen molar-refractivity contribution >= 4 is 54.8 Å². The van der Waals surface area contributed by atoms with Gasteiger partial charge in [-0.05, 0) is 48.1 Å². The Bertz CT molecular complexity index is 2560. The third kappa shape index (κ3) is 3.81. The number of nitrogens with zero attached hydrogens (tertiary/aromatic N) is 5. The van der Waals surface area contributed by atoms with E-state index in [-0.39, 0.29) is 21.1 Å². The van der Waals surface area contributed by atoms with E-state index in [9.17, 15) is 0 Å². The van der Waals surface area contributed by atoms with Gasteiger partial charge in [0.2, 0.25) is 0 Å². The van der Waals surface area contributed by atoms with Gasteiger partial charge in [0.1, 0.15) is 0 Å². The third-order valence-electron chi connectivity index (χ3n) is 8.41. The van der Waals surface area contributed by atoms with Crippen LogP contribution >= 0.6 is 0 Å². The van der Waals surface area contributed by atoms with Gasteiger partial charge in [0.05, 0.1) is 22.3 Å². The van der Waals surface area contributed by atoms with Crippen molar-refractivity contribution in [2.75, 3.05) is 0 Å². The Hall–Kier alpha value is -5.06. The summed E-state index contributed by atoms with van der Waals surface area (Å²) in [4.78, 5) is 14.0. The Labute approximate surface area is 266 Å². The van der Waals surface area contributed by atoms with Crippen LogP contribution in [0.4, 0.5) is 0 Å². The number of aryl methyl sites for hydroxylation is 2. The number of hydrogen-bond acceptors (Lipinski definition) is 4. The fraction of sp³-hybridized carbons (Fsp3) is 0.0541. The number of aromatic nitrogens is 5. The van der Waals surface area contributed by atoms with Crippen molar-refractivity contribution in [3.63, 3.8) is 0 Å². The molecule has 0 atom stereocenters. The minimum Gasteiger partial charge on any atom is -0.497 e. The van der Waals surface area contributed by atoms with Crippen LogP contribution in [-0.2, 0) is 21.1 Å². The Morgan fingerprint density at radius 1 is 0.614 bits per heavy atom. The number of fused-ring (bicyclic) bond motifs is 12. The smallest absolute Gasteiger partial charge is 0.497 e. The molecule has 9 rings (SSSR count). The van der Waals surface area contributed by atoms with Crippen molar-refractivity contribution in [3.05, 3.63) is 127 Å². The largest absolute Gasteiger partial charge is 2.00 e. The zero-order chi connectivity index (χ0) is 28.7. The Morgan fingerprint density at radius 3 is 2.05 bits per heavy atom. The first kappa shape index (κ1) is 26.6. The summed E-state index contributed by atoms with van der Waals surface area (Å²) in [5.74, 6) is 1.18. The summed E-state index contributed by atoms with van der Waals surface area (Å²) < 4.78 is 10.6. The maximum absolute atomic E-state index is 6.39. The predicted octanol–water partition coefficient (Wildman–Crippen LogP) is 8.66. The molecule has 0 aliphatic rings. The summed E-state index contributed by atoms with van der Waals surface area (Å²) in [6.07, 6.45) is 9.43. The molecule has 0 unspecified atom stereocenters. The molecule has 5 heterocycles. The minimum absolute atomic E-state index is 0. The zero-order valence-electron chi connectivity index (χ0n) is 23.8. The topological polar surface area (TPSA) is 56.7 Å². The maximum Gasteiger partial charge on any atom is 2.00 e. The third-order valence-corrected chi connectivity index (χ3v) is 8.41. The SMILES string of the molecule is Cc1cccc(C)c1-c1cccc2c3ccc(Oc4[c-]c5c(cc4)c4ncccc4n4ccnc54)[c-]c3c3nccn3c12.[Pt+2]. The van der Waals surface area contributed by atoms with Gasteiger partial charge in [-0.2, -0.15) is 0 Å². The Morgan fingerprint density at radius 2 is 1.27 bits per heavy atom. The molecule has 0 bridgehead atoms. The standard InChI is InChI=1S/C37H23N5O.Pt/c1-22-6-3-7-23(2)33(22)29-9-4-8-28-26-13-11-24(20-30(26)37-40-17-19-42(37)35(28)29)43-25-12-14-27-31(21-25)36-39-16-18-41(36)32-10-5-15-38-34(27)32;/h3-19H,1-2H3;/q-2;+2. The van der Waals surface area contributed by atoms with Crippen molar-refractivity contribution in [2.45, 2.75) is 13.8 Å². The Kier molecular flexibility index (Phi) is 6.04. The van der Waals surface area contributed by atoms with Gasteiger partial charge in [0.25, 0.3) is 0 Å². The van der Waals surface area contributed by atoms with Gasteiger partial charge in [-0.3, -0.25) is 15.0 Å². The van der Waals surface area contributed by atoms with Gasteiger partial charge >= 0.3 is 21.1 Å². The molecule has 7 heteroatoms. The van der Waals surface area contributed by atoms with Crippen LogP contribution in [0.25, 0.3) is 65.9 Å². The molecule has 5 aromatic heterocycles. The summed E-state index contributed by atoms with van der Waals surface area (Å²) in [6, 6.07) is 32.0. The molecule has 9 aromatic rings. The van der Waals surface area contributed by atoms with E-state index in [1.807, 2.05) is 53.5 Å². The molecule has 0 spiro atoms. The summed E-state index contributed by atoms with van der Waals surface area (Å²) in [7, 11) is 0. The second-order valence-corrected chi connectivity index (χ2v) is 10.9. The molecule has 0 saturated heterocycles. The van der Waals surface area contributed by atoms with E-state index in [0.717, 1.165) is 54.8 Å². The van der Waals surface area contributed by atoms with E-state index in [0.29, 0.717) is 11.5 Å². The first-order valence-electron chi connectivity index (χ1n) is 14.2. The van der Waals surface area contributed by atoms with Crippen LogP contribution < -0.4 is 4.74 Å². The summed E-state index contributed by atoms with van der Waals surface area (Å²) in [5, 5.41) is 4.96. The molecule has 44 heavy (non-hydrogen) atoms. The number of rotatable bonds is 3.